The fraction of sp³-hybridized carbons (Fsp3) is 1.00. The Labute approximate surface area is 59.1 Å². The third-order valence-electron chi connectivity index (χ3n) is 0. The Balaban J connectivity index is -0.0000000326. The smallest absolute Gasteiger partial charge is 0.144 e. The predicted octanol–water partition coefficient (Wildman–Crippen LogP) is -0.0905. The van der Waals surface area contributed by atoms with Crippen LogP contribution in [0.25, 0.3) is 0 Å². The quantitative estimate of drug-likeness (QED) is 0.496. The van der Waals surface area contributed by atoms with Crippen LogP contribution in [0, 0.1) is 0 Å². The second kappa shape index (κ2) is 7.91. The van der Waals surface area contributed by atoms with Crippen molar-refractivity contribution in [3.8, 4) is 0 Å². The van der Waals surface area contributed by atoms with Gasteiger partial charge in [0.25, 0.3) is 0 Å². The van der Waals surface area contributed by atoms with E-state index in [0.29, 0.717) is 0 Å². The molecule has 0 amide bonds. The number of hydrogen-bond donors (Lipinski definition) is 0. The summed E-state index contributed by atoms with van der Waals surface area (Å²) < 4.78 is 19.3. The van der Waals surface area contributed by atoms with Crippen molar-refractivity contribution in [2.45, 2.75) is 14.4 Å². The molecule has 0 rings (SSSR count). The first kappa shape index (κ1) is 16.0. The molecule has 0 aromatic rings. The Kier molecular flexibility index (Phi) is 14.0. The molecule has 0 N–H and O–H groups in total. The molecular weight excluding hydrogens is 140 g/mol. The molecule has 0 bridgehead atoms. The molecule has 0 aliphatic heterocycles. The van der Waals surface area contributed by atoms with Crippen LogP contribution in [0.15, 0.2) is 0 Å². The van der Waals surface area contributed by atoms with E-state index >= 15 is 0 Å². The lowest BCUT2D eigenvalue weighted by Crippen LogP contribution is -1.97. The normalized spacial score (nSPS) is 8.44. The van der Waals surface area contributed by atoms with Crippen molar-refractivity contribution < 1.29 is 15.0 Å². The van der Waals surface area contributed by atoms with Crippen LogP contribution in [0.3, 0.4) is 0 Å². The van der Waals surface area contributed by atoms with Crippen molar-refractivity contribution in [1.29, 1.82) is 0 Å². The molecule has 62 valence electrons. The maximum absolute atomic E-state index is 9.63. The molecule has 9 heavy (non-hydrogen) atoms. The third kappa shape index (κ3) is 34100. The molecule has 0 spiro atoms. The first-order chi connectivity index (χ1) is 3.41. The molecule has 0 atom stereocenters. The average molecular weight is 159 g/mol. The average Bonchev–Trinajstić information content (AvgIpc) is 1.27. The third-order valence-corrected chi connectivity index (χ3v) is 0. The Morgan fingerprint density at radius 2 is 1.44 bits per heavy atom. The molecule has 0 aromatic heterocycles. The van der Waals surface area contributed by atoms with Gasteiger partial charge in [-0.15, -0.1) is 6.61 Å². The predicted molar refractivity (Wildman–Crippen MR) is 40.2 cm³/mol. The summed E-state index contributed by atoms with van der Waals surface area (Å²) in [6.07, 6.45) is 2.32. The summed E-state index contributed by atoms with van der Waals surface area (Å²) in [5, 5.41) is 8.93. The second-order valence-electron chi connectivity index (χ2n) is 1.43. The fourth-order valence-electron chi connectivity index (χ4n) is 0. The molecule has 0 aliphatic carbocycles. The van der Waals surface area contributed by atoms with Crippen molar-refractivity contribution in [2.24, 2.45) is 0 Å². The van der Waals surface area contributed by atoms with Gasteiger partial charge in [-0.3, -0.25) is 0 Å². The van der Waals surface area contributed by atoms with Crippen LogP contribution in [-0.4, -0.2) is 27.5 Å². The molecule has 0 radical (unpaired) electrons. The van der Waals surface area contributed by atoms with Gasteiger partial charge in [0.05, 0.1) is 0 Å². The summed E-state index contributed by atoms with van der Waals surface area (Å²) in [7, 11) is -2.67. The molecule has 0 heterocycles. The minimum Gasteiger partial charge on any atom is -0.855 e. The monoisotopic (exact) mass is 159 g/mol. The standard InChI is InChI=1S/C2H6O2S.C2H5O.CH4.H2/c1-5(2,3)4;1-2-3;;/h1-2H3;2H2,1H3;1H4;1H/q;-1;;/i;;;1+2. The molecule has 0 aliphatic rings. The Bertz CT molecular complexity index is 111. The summed E-state index contributed by atoms with van der Waals surface area (Å²) in [4.78, 5) is 0. The lowest BCUT2D eigenvalue weighted by molar-refractivity contribution is -0.361. The Morgan fingerprint density at radius 3 is 1.44 bits per heavy atom. The van der Waals surface area contributed by atoms with Gasteiger partial charge in [-0.1, -0.05) is 14.4 Å². The zero-order valence-electron chi connectivity index (χ0n) is 5.34. The van der Waals surface area contributed by atoms with Gasteiger partial charge in [0.2, 0.25) is 0 Å². The summed E-state index contributed by atoms with van der Waals surface area (Å²) in [6, 6.07) is 0. The van der Waals surface area contributed by atoms with E-state index in [0.717, 1.165) is 12.5 Å². The second-order valence-corrected chi connectivity index (χ2v) is 3.72. The van der Waals surface area contributed by atoms with Crippen LogP contribution >= 0.6 is 0 Å². The van der Waals surface area contributed by atoms with E-state index in [4.69, 9.17) is 5.11 Å². The van der Waals surface area contributed by atoms with E-state index in [2.05, 4.69) is 0 Å². The van der Waals surface area contributed by atoms with Gasteiger partial charge in [-0.05, 0) is 0 Å². The summed E-state index contributed by atoms with van der Waals surface area (Å²) in [6.45, 7) is 1.57. The lowest BCUT2D eigenvalue weighted by atomic mass is 10.9. The first-order valence-corrected chi connectivity index (χ1v) is 4.45. The summed E-state index contributed by atoms with van der Waals surface area (Å²) in [5.74, 6) is 0. The lowest BCUT2D eigenvalue weighted by Gasteiger charge is -1.79. The Morgan fingerprint density at radius 1 is 1.44 bits per heavy atom. The minimum atomic E-state index is -2.67. The Hall–Kier alpha value is -0.0900. The summed E-state index contributed by atoms with van der Waals surface area (Å²) >= 11 is 0. The van der Waals surface area contributed by atoms with Gasteiger partial charge >= 0.3 is 0 Å². The van der Waals surface area contributed by atoms with Crippen molar-refractivity contribution in [1.82, 2.24) is 0 Å². The summed E-state index contributed by atoms with van der Waals surface area (Å²) in [5.41, 5.74) is 0. The van der Waals surface area contributed by atoms with Crippen LogP contribution in [0.4, 0.5) is 0 Å². The van der Waals surface area contributed by atoms with Crippen LogP contribution in [-0.2, 0) is 9.84 Å². The van der Waals surface area contributed by atoms with Gasteiger partial charge in [-0.25, -0.2) is 8.42 Å². The van der Waals surface area contributed by atoms with Gasteiger partial charge in [0, 0.05) is 13.9 Å². The van der Waals surface area contributed by atoms with E-state index in [1.54, 1.807) is 6.92 Å². The highest BCUT2D eigenvalue weighted by Crippen LogP contribution is 1.61. The van der Waals surface area contributed by atoms with Crippen LogP contribution in [0.5, 0.6) is 0 Å². The van der Waals surface area contributed by atoms with Crippen LogP contribution in [0.2, 0.25) is 0 Å². The van der Waals surface area contributed by atoms with Crippen molar-refractivity contribution in [3.63, 3.8) is 0 Å². The largest absolute Gasteiger partial charge is 0.855 e. The van der Waals surface area contributed by atoms with Crippen LogP contribution < -0.4 is 5.11 Å². The van der Waals surface area contributed by atoms with Crippen molar-refractivity contribution in [2.75, 3.05) is 19.1 Å². The molecule has 0 saturated carbocycles. The SMILES string of the molecule is C.CC[O-].CS(C)(=O)=O.[3HH]. The first-order valence-electron chi connectivity index (χ1n) is 2.15. The van der Waals surface area contributed by atoms with Gasteiger partial charge in [-0.2, -0.15) is 0 Å². The highest BCUT2D eigenvalue weighted by Gasteiger charge is 1.79. The number of hydrogen-bond acceptors (Lipinski definition) is 3. The van der Waals surface area contributed by atoms with E-state index in [-0.39, 0.29) is 15.5 Å². The zero-order chi connectivity index (χ0) is 7.21. The number of rotatable bonds is 0. The van der Waals surface area contributed by atoms with Gasteiger partial charge < -0.3 is 5.11 Å². The zero-order valence-corrected chi connectivity index (χ0v) is 6.16. The van der Waals surface area contributed by atoms with Crippen LogP contribution in [0.1, 0.15) is 15.8 Å². The molecule has 4 heteroatoms. The molecule has 0 aromatic carbocycles. The molecule has 3 nitrogen and oxygen atoms in total. The molecule has 0 saturated heterocycles. The highest BCUT2D eigenvalue weighted by molar-refractivity contribution is 7.89. The van der Waals surface area contributed by atoms with E-state index < -0.39 is 9.84 Å². The maximum atomic E-state index is 9.63. The minimum absolute atomic E-state index is 0. The maximum Gasteiger partial charge on any atom is 0.144 e. The van der Waals surface area contributed by atoms with Crippen molar-refractivity contribution >= 4 is 9.84 Å². The van der Waals surface area contributed by atoms with E-state index in [9.17, 15) is 8.42 Å². The molecule has 0 fully saturated rings. The van der Waals surface area contributed by atoms with Crippen molar-refractivity contribution in [3.05, 3.63) is 0 Å². The van der Waals surface area contributed by atoms with E-state index in [1.165, 1.54) is 0 Å². The molecule has 0 unspecified atom stereocenters. The fourth-order valence-corrected chi connectivity index (χ4v) is 0. The highest BCUT2D eigenvalue weighted by atomic mass is 32.2. The number of sulfone groups is 1. The van der Waals surface area contributed by atoms with E-state index in [1.807, 2.05) is 0 Å². The molecular formula is C5H17O3S-. The van der Waals surface area contributed by atoms with Gasteiger partial charge in [0.15, 0.2) is 0 Å². The topological polar surface area (TPSA) is 57.2 Å². The van der Waals surface area contributed by atoms with Gasteiger partial charge in [0.1, 0.15) is 9.84 Å².